The first kappa shape index (κ1) is 51.1. The monoisotopic (exact) mass is 802 g/mol. The molecule has 1 aliphatic carbocycles. The van der Waals surface area contributed by atoms with Crippen LogP contribution in [0.2, 0.25) is 0 Å². The Bertz CT molecular complexity index is 1150. The fraction of sp³-hybridized carbons (Fsp3) is 0.810. The van der Waals surface area contributed by atoms with Crippen molar-refractivity contribution in [2.45, 2.75) is 160 Å². The van der Waals surface area contributed by atoms with Gasteiger partial charge in [0.2, 0.25) is 0 Å². The van der Waals surface area contributed by atoms with Gasteiger partial charge in [0.1, 0.15) is 19.8 Å². The van der Waals surface area contributed by atoms with Gasteiger partial charge >= 0.3 is 11.9 Å². The zero-order chi connectivity index (χ0) is 41.0. The highest BCUT2D eigenvalue weighted by molar-refractivity contribution is 7.45. The molecule has 0 bridgehead atoms. The number of aliphatic hydroxyl groups excluding tert-OH is 3. The minimum Gasteiger partial charge on any atom is -0.756 e. The number of nitrogens with zero attached hydrogens (tertiary/aromatic N) is 1. The molecule has 320 valence electrons. The van der Waals surface area contributed by atoms with Crippen LogP contribution in [0.15, 0.2) is 36.5 Å². The van der Waals surface area contributed by atoms with Crippen LogP contribution in [-0.2, 0) is 32.7 Å². The highest BCUT2D eigenvalue weighted by Gasteiger charge is 2.39. The lowest BCUT2D eigenvalue weighted by Crippen LogP contribution is -2.37. The van der Waals surface area contributed by atoms with Crippen molar-refractivity contribution in [3.05, 3.63) is 36.5 Å². The Kier molecular flexibility index (Phi) is 28.1. The molecule has 7 atom stereocenters. The first-order chi connectivity index (χ1) is 26.2. The summed E-state index contributed by atoms with van der Waals surface area (Å²) in [5, 5.41) is 31.3. The summed E-state index contributed by atoms with van der Waals surface area (Å²) in [6.07, 6.45) is 24.5. The van der Waals surface area contributed by atoms with Crippen LogP contribution in [0.5, 0.6) is 0 Å². The third-order valence-corrected chi connectivity index (χ3v) is 10.7. The van der Waals surface area contributed by atoms with Crippen molar-refractivity contribution >= 4 is 19.8 Å². The summed E-state index contributed by atoms with van der Waals surface area (Å²) < 4.78 is 33.7. The lowest BCUT2D eigenvalue weighted by Gasteiger charge is -2.28. The van der Waals surface area contributed by atoms with E-state index in [1.54, 1.807) is 24.3 Å². The van der Waals surface area contributed by atoms with Crippen LogP contribution in [0.3, 0.4) is 0 Å². The van der Waals surface area contributed by atoms with Gasteiger partial charge in [-0.05, 0) is 50.9 Å². The van der Waals surface area contributed by atoms with Gasteiger partial charge in [-0.1, -0.05) is 108 Å². The number of phosphoric acid groups is 1. The van der Waals surface area contributed by atoms with Crippen LogP contribution in [0.4, 0.5) is 0 Å². The van der Waals surface area contributed by atoms with Gasteiger partial charge in [-0.2, -0.15) is 0 Å². The highest BCUT2D eigenvalue weighted by Crippen LogP contribution is 2.38. The number of quaternary nitrogens is 1. The molecule has 0 aromatic rings. The van der Waals surface area contributed by atoms with E-state index in [0.29, 0.717) is 30.3 Å². The maximum absolute atomic E-state index is 12.7. The molecule has 0 aromatic heterocycles. The van der Waals surface area contributed by atoms with E-state index in [0.717, 1.165) is 57.8 Å². The van der Waals surface area contributed by atoms with Crippen LogP contribution in [-0.4, -0.2) is 104 Å². The summed E-state index contributed by atoms with van der Waals surface area (Å²) in [6, 6.07) is 0. The molecule has 3 N–H and O–H groups in total. The number of aliphatic hydroxyl groups is 3. The Morgan fingerprint density at radius 1 is 0.818 bits per heavy atom. The predicted molar refractivity (Wildman–Crippen MR) is 215 cm³/mol. The van der Waals surface area contributed by atoms with E-state index in [1.165, 1.54) is 25.7 Å². The van der Waals surface area contributed by atoms with Gasteiger partial charge in [0.05, 0.1) is 52.5 Å². The number of carbonyl (C=O) groups excluding carboxylic acids is 2. The molecule has 1 unspecified atom stereocenters. The van der Waals surface area contributed by atoms with Gasteiger partial charge in [-0.3, -0.25) is 14.2 Å². The summed E-state index contributed by atoms with van der Waals surface area (Å²) in [7, 11) is 0.985. The topological polar surface area (TPSA) is 172 Å². The second-order valence-electron chi connectivity index (χ2n) is 16.0. The number of allylic oxidation sites excluding steroid dienone is 3. The number of hydrogen-bond donors (Lipinski definition) is 3. The van der Waals surface area contributed by atoms with E-state index < -0.39 is 57.4 Å². The number of carbonyl (C=O) groups is 2. The minimum atomic E-state index is -4.70. The Labute approximate surface area is 332 Å². The second kappa shape index (κ2) is 30.2. The Hall–Kier alpha value is -1.89. The van der Waals surface area contributed by atoms with Crippen molar-refractivity contribution in [2.24, 2.45) is 11.8 Å². The normalized spacial score (nSPS) is 21.4. The van der Waals surface area contributed by atoms with Gasteiger partial charge in [0, 0.05) is 18.8 Å². The van der Waals surface area contributed by atoms with E-state index in [1.807, 2.05) is 21.1 Å². The molecule has 55 heavy (non-hydrogen) atoms. The van der Waals surface area contributed by atoms with Crippen molar-refractivity contribution in [3.63, 3.8) is 0 Å². The molecule has 0 amide bonds. The van der Waals surface area contributed by atoms with Crippen LogP contribution in [0.1, 0.15) is 136 Å². The fourth-order valence-electron chi connectivity index (χ4n) is 6.33. The number of esters is 2. The standard InChI is InChI=1S/C42H76NO11P/c1-6-8-10-11-12-13-14-15-16-17-18-19-21-27-42(48)54-36(34-53-55(49,50)52-31-30-43(3,4)5)33-51-41(47)26-23-22-25-37-38(40(46)32-39(37)45)29-28-35(44)24-20-9-7-2/h13-14,22-23,28-29,35-40,44-46H,6-12,15-21,24-27,30-34H2,1-5H3/b14-13-,23-22-,29-28+/t35-,36-,37+,38-,39+,40-/m1/s1. The van der Waals surface area contributed by atoms with Crippen LogP contribution in [0.25, 0.3) is 0 Å². The van der Waals surface area contributed by atoms with Gasteiger partial charge in [-0.25, -0.2) is 0 Å². The van der Waals surface area contributed by atoms with Crippen molar-refractivity contribution in [2.75, 3.05) is 47.5 Å². The third-order valence-electron chi connectivity index (χ3n) is 9.74. The van der Waals surface area contributed by atoms with Crippen LogP contribution in [0, 0.1) is 11.8 Å². The van der Waals surface area contributed by atoms with Gasteiger partial charge in [0.15, 0.2) is 6.10 Å². The van der Waals surface area contributed by atoms with E-state index in [-0.39, 0.29) is 37.7 Å². The number of ether oxygens (including phenoxy) is 2. The average Bonchev–Trinajstić information content (AvgIpc) is 3.39. The molecular weight excluding hydrogens is 725 g/mol. The Balaban J connectivity index is 2.60. The molecule has 0 saturated heterocycles. The van der Waals surface area contributed by atoms with Crippen LogP contribution < -0.4 is 4.89 Å². The number of unbranched alkanes of at least 4 members (excludes halogenated alkanes) is 11. The summed E-state index contributed by atoms with van der Waals surface area (Å²) in [4.78, 5) is 37.7. The zero-order valence-electron chi connectivity index (χ0n) is 34.7. The SMILES string of the molecule is CCCCCC/C=C\CCCCCCCC(=O)O[C@H](COC(=O)C/C=C\C[C@H]1[C@@H](/C=C/[C@H](O)CCCCC)[C@H](O)C[C@@H]1O)COP(=O)([O-])OCC[N+](C)(C)C. The summed E-state index contributed by atoms with van der Waals surface area (Å²) >= 11 is 0. The molecule has 0 radical (unpaired) electrons. The first-order valence-corrected chi connectivity index (χ1v) is 22.4. The van der Waals surface area contributed by atoms with Gasteiger partial charge < -0.3 is 43.2 Å². The van der Waals surface area contributed by atoms with Crippen molar-refractivity contribution in [1.82, 2.24) is 0 Å². The number of phosphoric ester groups is 1. The average molecular weight is 802 g/mol. The maximum atomic E-state index is 12.7. The van der Waals surface area contributed by atoms with E-state index in [2.05, 4.69) is 26.0 Å². The maximum Gasteiger partial charge on any atom is 0.309 e. The molecule has 12 nitrogen and oxygen atoms in total. The van der Waals surface area contributed by atoms with Crippen molar-refractivity contribution in [1.29, 1.82) is 0 Å². The minimum absolute atomic E-state index is 0.0831. The molecule has 13 heteroatoms. The highest BCUT2D eigenvalue weighted by atomic mass is 31.2. The molecule has 0 spiro atoms. The van der Waals surface area contributed by atoms with Crippen molar-refractivity contribution < 1.29 is 57.4 Å². The summed E-state index contributed by atoms with van der Waals surface area (Å²) in [5.74, 6) is -1.75. The predicted octanol–water partition coefficient (Wildman–Crippen LogP) is 7.10. The van der Waals surface area contributed by atoms with Crippen molar-refractivity contribution in [3.8, 4) is 0 Å². The molecule has 1 saturated carbocycles. The molecule has 0 aliphatic heterocycles. The summed E-state index contributed by atoms with van der Waals surface area (Å²) in [5.41, 5.74) is 0. The number of hydrogen-bond acceptors (Lipinski definition) is 11. The van der Waals surface area contributed by atoms with Gasteiger partial charge in [0.25, 0.3) is 7.82 Å². The third kappa shape index (κ3) is 27.4. The number of likely N-dealkylation sites (N-methyl/N-ethyl adjacent to an activating group) is 1. The molecule has 1 fully saturated rings. The van der Waals surface area contributed by atoms with E-state index >= 15 is 0 Å². The molecular formula is C42H76NO11P. The molecule has 0 aromatic carbocycles. The van der Waals surface area contributed by atoms with Crippen LogP contribution >= 0.6 is 7.82 Å². The Morgan fingerprint density at radius 3 is 2.13 bits per heavy atom. The van der Waals surface area contributed by atoms with E-state index in [9.17, 15) is 34.4 Å². The Morgan fingerprint density at radius 2 is 1.45 bits per heavy atom. The molecule has 0 heterocycles. The fourth-order valence-corrected chi connectivity index (χ4v) is 7.05. The second-order valence-corrected chi connectivity index (χ2v) is 17.4. The molecule has 1 rings (SSSR count). The smallest absolute Gasteiger partial charge is 0.309 e. The largest absolute Gasteiger partial charge is 0.756 e. The lowest BCUT2D eigenvalue weighted by atomic mass is 9.89. The van der Waals surface area contributed by atoms with Gasteiger partial charge in [-0.15, -0.1) is 0 Å². The number of rotatable bonds is 33. The van der Waals surface area contributed by atoms with E-state index in [4.69, 9.17) is 18.5 Å². The first-order valence-electron chi connectivity index (χ1n) is 21.0. The zero-order valence-corrected chi connectivity index (χ0v) is 35.6. The molecule has 1 aliphatic rings. The summed E-state index contributed by atoms with van der Waals surface area (Å²) in [6.45, 7) is 3.70. The quantitative estimate of drug-likeness (QED) is 0.0203. The lowest BCUT2D eigenvalue weighted by molar-refractivity contribution is -0.870.